The third-order valence-electron chi connectivity index (χ3n) is 2.39. The van der Waals surface area contributed by atoms with Crippen LogP contribution in [0.15, 0.2) is 28.9 Å². The number of furan rings is 1. The van der Waals surface area contributed by atoms with Gasteiger partial charge in [0.2, 0.25) is 0 Å². The van der Waals surface area contributed by atoms with E-state index in [4.69, 9.17) is 9.15 Å². The zero-order valence-electron chi connectivity index (χ0n) is 10.4. The van der Waals surface area contributed by atoms with Crippen LogP contribution in [0.2, 0.25) is 0 Å². The zero-order valence-corrected chi connectivity index (χ0v) is 10.4. The Labute approximate surface area is 109 Å². The average molecular weight is 263 g/mol. The van der Waals surface area contributed by atoms with Gasteiger partial charge in [0, 0.05) is 0 Å². The van der Waals surface area contributed by atoms with Crippen LogP contribution in [-0.4, -0.2) is 21.5 Å². The fourth-order valence-corrected chi connectivity index (χ4v) is 1.40. The summed E-state index contributed by atoms with van der Waals surface area (Å²) in [6.45, 7) is 2.69. The topological polar surface area (TPSA) is 91.3 Å². The number of hydrogen-bond acceptors (Lipinski definition) is 6. The summed E-state index contributed by atoms with van der Waals surface area (Å²) >= 11 is 0. The molecule has 0 radical (unpaired) electrons. The van der Waals surface area contributed by atoms with Crippen LogP contribution >= 0.6 is 0 Å². The van der Waals surface area contributed by atoms with Crippen molar-refractivity contribution in [3.05, 3.63) is 34.6 Å². The maximum Gasteiger partial charge on any atom is 0.433 e. The second-order valence-corrected chi connectivity index (χ2v) is 3.84. The van der Waals surface area contributed by atoms with Crippen LogP contribution in [0.5, 0.6) is 5.75 Å². The van der Waals surface area contributed by atoms with Gasteiger partial charge in [-0.15, -0.1) is 0 Å². The van der Waals surface area contributed by atoms with Gasteiger partial charge in [-0.25, -0.2) is 9.97 Å². The third kappa shape index (κ3) is 3.27. The molecule has 0 aliphatic heterocycles. The molecule has 0 aliphatic rings. The first-order chi connectivity index (χ1) is 9.20. The molecule has 7 heteroatoms. The van der Waals surface area contributed by atoms with Crippen LogP contribution in [-0.2, 0) is 0 Å². The van der Waals surface area contributed by atoms with Gasteiger partial charge in [0.25, 0.3) is 0 Å². The van der Waals surface area contributed by atoms with E-state index >= 15 is 0 Å². The molecular weight excluding hydrogens is 250 g/mol. The second kappa shape index (κ2) is 5.94. The SMILES string of the molecule is CCCCOc1cnc(-c2ccc([N+](=O)[O-])o2)nc1. The van der Waals surface area contributed by atoms with Crippen molar-refractivity contribution >= 4 is 5.88 Å². The lowest BCUT2D eigenvalue weighted by Crippen LogP contribution is -1.98. The zero-order chi connectivity index (χ0) is 13.7. The van der Waals surface area contributed by atoms with Crippen molar-refractivity contribution < 1.29 is 14.1 Å². The van der Waals surface area contributed by atoms with Gasteiger partial charge in [0.1, 0.15) is 4.92 Å². The molecule has 2 aromatic rings. The predicted molar refractivity (Wildman–Crippen MR) is 66.8 cm³/mol. The van der Waals surface area contributed by atoms with Gasteiger partial charge >= 0.3 is 5.88 Å². The Morgan fingerprint density at radius 3 is 2.68 bits per heavy atom. The van der Waals surface area contributed by atoms with Gasteiger partial charge in [0.05, 0.1) is 25.1 Å². The summed E-state index contributed by atoms with van der Waals surface area (Å²) in [5, 5.41) is 10.5. The van der Waals surface area contributed by atoms with Crippen molar-refractivity contribution in [2.24, 2.45) is 0 Å². The number of ether oxygens (including phenoxy) is 1. The summed E-state index contributed by atoms with van der Waals surface area (Å²) in [6, 6.07) is 2.73. The van der Waals surface area contributed by atoms with Gasteiger partial charge in [-0.1, -0.05) is 13.3 Å². The molecule has 100 valence electrons. The van der Waals surface area contributed by atoms with Crippen LogP contribution in [0.3, 0.4) is 0 Å². The molecule has 0 bridgehead atoms. The normalized spacial score (nSPS) is 10.4. The quantitative estimate of drug-likeness (QED) is 0.452. The molecule has 0 spiro atoms. The average Bonchev–Trinajstić information content (AvgIpc) is 2.90. The van der Waals surface area contributed by atoms with E-state index < -0.39 is 4.92 Å². The molecule has 0 saturated heterocycles. The van der Waals surface area contributed by atoms with Gasteiger partial charge in [0.15, 0.2) is 17.3 Å². The molecule has 0 unspecified atom stereocenters. The molecule has 0 amide bonds. The van der Waals surface area contributed by atoms with E-state index in [0.717, 1.165) is 12.8 Å². The van der Waals surface area contributed by atoms with Crippen LogP contribution in [0.25, 0.3) is 11.6 Å². The minimum absolute atomic E-state index is 0.256. The van der Waals surface area contributed by atoms with E-state index in [1.54, 1.807) is 0 Å². The summed E-state index contributed by atoms with van der Waals surface area (Å²) < 4.78 is 10.4. The summed E-state index contributed by atoms with van der Waals surface area (Å²) in [5.74, 6) is 0.780. The highest BCUT2D eigenvalue weighted by atomic mass is 16.6. The maximum atomic E-state index is 10.5. The molecule has 2 aromatic heterocycles. The number of hydrogen-bond donors (Lipinski definition) is 0. The molecule has 0 fully saturated rings. The lowest BCUT2D eigenvalue weighted by molar-refractivity contribution is -0.401. The first kappa shape index (κ1) is 13.0. The molecule has 19 heavy (non-hydrogen) atoms. The molecule has 0 aliphatic carbocycles. The Morgan fingerprint density at radius 2 is 2.11 bits per heavy atom. The number of nitrogens with zero attached hydrogens (tertiary/aromatic N) is 3. The van der Waals surface area contributed by atoms with E-state index in [9.17, 15) is 10.1 Å². The summed E-state index contributed by atoms with van der Waals surface area (Å²) in [4.78, 5) is 18.0. The Balaban J connectivity index is 2.06. The maximum absolute atomic E-state index is 10.5. The Morgan fingerprint density at radius 1 is 1.37 bits per heavy atom. The Hall–Kier alpha value is -2.44. The fraction of sp³-hybridized carbons (Fsp3) is 0.333. The number of rotatable bonds is 6. The second-order valence-electron chi connectivity index (χ2n) is 3.84. The first-order valence-corrected chi connectivity index (χ1v) is 5.90. The van der Waals surface area contributed by atoms with Gasteiger partial charge < -0.3 is 9.15 Å². The molecule has 0 atom stereocenters. The number of nitro groups is 1. The highest BCUT2D eigenvalue weighted by molar-refractivity contribution is 5.48. The van der Waals surface area contributed by atoms with Gasteiger partial charge in [-0.05, 0) is 12.5 Å². The molecule has 0 N–H and O–H groups in total. The predicted octanol–water partition coefficient (Wildman–Crippen LogP) is 2.82. The largest absolute Gasteiger partial charge is 0.490 e. The minimum Gasteiger partial charge on any atom is -0.490 e. The molecule has 0 aromatic carbocycles. The van der Waals surface area contributed by atoms with E-state index in [1.165, 1.54) is 24.5 Å². The van der Waals surface area contributed by atoms with Crippen molar-refractivity contribution in [3.63, 3.8) is 0 Å². The highest BCUT2D eigenvalue weighted by Crippen LogP contribution is 2.23. The van der Waals surface area contributed by atoms with Crippen molar-refractivity contribution in [2.45, 2.75) is 19.8 Å². The summed E-state index contributed by atoms with van der Waals surface area (Å²) in [5.41, 5.74) is 0. The minimum atomic E-state index is -0.605. The van der Waals surface area contributed by atoms with Gasteiger partial charge in [-0.2, -0.15) is 0 Å². The Kier molecular flexibility index (Phi) is 4.07. The van der Waals surface area contributed by atoms with E-state index in [-0.39, 0.29) is 17.5 Å². The van der Waals surface area contributed by atoms with Crippen LogP contribution in [0, 0.1) is 10.1 Å². The molecule has 2 heterocycles. The Bertz CT molecular complexity index is 550. The molecule has 7 nitrogen and oxygen atoms in total. The monoisotopic (exact) mass is 263 g/mol. The van der Waals surface area contributed by atoms with Crippen LogP contribution in [0.4, 0.5) is 5.88 Å². The number of aromatic nitrogens is 2. The molecule has 0 saturated carbocycles. The smallest absolute Gasteiger partial charge is 0.433 e. The van der Waals surface area contributed by atoms with Crippen molar-refractivity contribution in [1.82, 2.24) is 9.97 Å². The summed E-state index contributed by atoms with van der Waals surface area (Å²) in [6.07, 6.45) is 5.06. The van der Waals surface area contributed by atoms with E-state index in [1.807, 2.05) is 0 Å². The molecule has 2 rings (SSSR count). The van der Waals surface area contributed by atoms with E-state index in [0.29, 0.717) is 12.4 Å². The van der Waals surface area contributed by atoms with Gasteiger partial charge in [-0.3, -0.25) is 10.1 Å². The number of unbranched alkanes of at least 4 members (excludes halogenated alkanes) is 1. The lowest BCUT2D eigenvalue weighted by Gasteiger charge is -2.03. The standard InChI is InChI=1S/C12H13N3O4/c1-2-3-6-18-9-7-13-12(14-8-9)10-4-5-11(19-10)15(16)17/h4-5,7-8H,2-3,6H2,1H3. The van der Waals surface area contributed by atoms with Crippen molar-refractivity contribution in [1.29, 1.82) is 0 Å². The fourth-order valence-electron chi connectivity index (χ4n) is 1.40. The van der Waals surface area contributed by atoms with Crippen LogP contribution in [0.1, 0.15) is 19.8 Å². The van der Waals surface area contributed by atoms with Crippen molar-refractivity contribution in [3.8, 4) is 17.3 Å². The highest BCUT2D eigenvalue weighted by Gasteiger charge is 2.14. The van der Waals surface area contributed by atoms with Crippen LogP contribution < -0.4 is 4.74 Å². The third-order valence-corrected chi connectivity index (χ3v) is 2.39. The first-order valence-electron chi connectivity index (χ1n) is 5.90. The summed E-state index contributed by atoms with van der Waals surface area (Å²) in [7, 11) is 0. The van der Waals surface area contributed by atoms with Crippen molar-refractivity contribution in [2.75, 3.05) is 6.61 Å². The lowest BCUT2D eigenvalue weighted by atomic mass is 10.4. The molecular formula is C12H13N3O4. The van der Waals surface area contributed by atoms with E-state index in [2.05, 4.69) is 16.9 Å².